The highest BCUT2D eigenvalue weighted by Crippen LogP contribution is 2.28. The Kier molecular flexibility index (Phi) is 3.87. The molecule has 5 heteroatoms. The smallest absolute Gasteiger partial charge is 0.261 e. The van der Waals surface area contributed by atoms with Gasteiger partial charge < -0.3 is 10.4 Å². The molecule has 0 aliphatic carbocycles. The van der Waals surface area contributed by atoms with E-state index in [1.807, 2.05) is 6.92 Å². The Hall–Kier alpha value is -1.46. The summed E-state index contributed by atoms with van der Waals surface area (Å²) in [6, 6.07) is 6.34. The van der Waals surface area contributed by atoms with Crippen LogP contribution in [0.5, 0.6) is 0 Å². The third kappa shape index (κ3) is 2.77. The molecule has 0 spiro atoms. The van der Waals surface area contributed by atoms with Crippen LogP contribution >= 0.6 is 11.3 Å². The van der Waals surface area contributed by atoms with Gasteiger partial charge in [0.05, 0.1) is 17.0 Å². The lowest BCUT2D eigenvalue weighted by Crippen LogP contribution is -2.48. The predicted molar refractivity (Wildman–Crippen MR) is 75.0 cm³/mol. The number of carbonyl (C=O) groups excluding carboxylic acids is 1. The highest BCUT2D eigenvalue weighted by Gasteiger charge is 2.24. The van der Waals surface area contributed by atoms with Gasteiger partial charge in [0.1, 0.15) is 5.82 Å². The van der Waals surface area contributed by atoms with Crippen LogP contribution in [0.15, 0.2) is 24.3 Å². The molecule has 0 fully saturated rings. The first-order valence-electron chi connectivity index (χ1n) is 6.10. The molecule has 0 radical (unpaired) electrons. The van der Waals surface area contributed by atoms with Crippen molar-refractivity contribution < 1.29 is 14.3 Å². The number of fused-ring (bicyclic) bond motifs is 1. The van der Waals surface area contributed by atoms with Crippen molar-refractivity contribution in [3.8, 4) is 0 Å². The molecule has 1 aromatic heterocycles. The molecule has 3 nitrogen and oxygen atoms in total. The fourth-order valence-corrected chi connectivity index (χ4v) is 2.68. The summed E-state index contributed by atoms with van der Waals surface area (Å²) in [5.74, 6) is -0.604. The highest BCUT2D eigenvalue weighted by molar-refractivity contribution is 7.20. The molecule has 1 unspecified atom stereocenters. The summed E-state index contributed by atoms with van der Waals surface area (Å²) in [6.07, 6.45) is 0.620. The average Bonchev–Trinajstić information content (AvgIpc) is 2.84. The SMILES string of the molecule is CCC(C)(CO)NC(=O)c1cc2c(F)cccc2s1. The van der Waals surface area contributed by atoms with E-state index >= 15 is 0 Å². The minimum Gasteiger partial charge on any atom is -0.394 e. The molecular formula is C14H16FNO2S. The number of carbonyl (C=O) groups is 1. The van der Waals surface area contributed by atoms with Crippen LogP contribution in [-0.4, -0.2) is 23.2 Å². The van der Waals surface area contributed by atoms with Gasteiger partial charge in [-0.1, -0.05) is 13.0 Å². The number of aliphatic hydroxyl groups is 1. The zero-order valence-electron chi connectivity index (χ0n) is 10.9. The number of hydrogen-bond donors (Lipinski definition) is 2. The molecule has 2 N–H and O–H groups in total. The van der Waals surface area contributed by atoms with Gasteiger partial charge in [-0.05, 0) is 31.5 Å². The monoisotopic (exact) mass is 281 g/mol. The molecule has 0 bridgehead atoms. The topological polar surface area (TPSA) is 49.3 Å². The molecular weight excluding hydrogens is 265 g/mol. The average molecular weight is 281 g/mol. The number of hydrogen-bond acceptors (Lipinski definition) is 3. The van der Waals surface area contributed by atoms with Gasteiger partial charge >= 0.3 is 0 Å². The standard InChI is InChI=1S/C14H16FNO2S/c1-3-14(2,8-17)16-13(18)12-7-9-10(15)5-4-6-11(9)19-12/h4-7,17H,3,8H2,1-2H3,(H,16,18). The van der Waals surface area contributed by atoms with Gasteiger partial charge in [-0.2, -0.15) is 0 Å². The van der Waals surface area contributed by atoms with Crippen molar-refractivity contribution >= 4 is 27.3 Å². The summed E-state index contributed by atoms with van der Waals surface area (Å²) in [7, 11) is 0. The first kappa shape index (κ1) is 14.0. The molecule has 0 aliphatic rings. The van der Waals surface area contributed by atoms with Gasteiger partial charge in [0.2, 0.25) is 0 Å². The number of nitrogens with one attached hydrogen (secondary N) is 1. The van der Waals surface area contributed by atoms with Gasteiger partial charge in [0.15, 0.2) is 0 Å². The van der Waals surface area contributed by atoms with E-state index in [1.54, 1.807) is 25.1 Å². The predicted octanol–water partition coefficient (Wildman–Crippen LogP) is 2.93. The Morgan fingerprint density at radius 2 is 2.26 bits per heavy atom. The van der Waals surface area contributed by atoms with E-state index in [0.717, 1.165) is 4.70 Å². The fourth-order valence-electron chi connectivity index (χ4n) is 1.71. The molecule has 102 valence electrons. The summed E-state index contributed by atoms with van der Waals surface area (Å²) >= 11 is 1.25. The Labute approximate surface area is 115 Å². The van der Waals surface area contributed by atoms with E-state index in [1.165, 1.54) is 17.4 Å². The molecule has 1 aromatic carbocycles. The molecule has 2 rings (SSSR count). The Balaban J connectivity index is 2.30. The van der Waals surface area contributed by atoms with Crippen LogP contribution in [0.2, 0.25) is 0 Å². The number of aliphatic hydroxyl groups excluding tert-OH is 1. The number of thiophene rings is 1. The zero-order chi connectivity index (χ0) is 14.0. The van der Waals surface area contributed by atoms with Crippen molar-refractivity contribution in [3.63, 3.8) is 0 Å². The Morgan fingerprint density at radius 3 is 2.84 bits per heavy atom. The maximum Gasteiger partial charge on any atom is 0.261 e. The molecule has 1 heterocycles. The first-order chi connectivity index (χ1) is 8.99. The largest absolute Gasteiger partial charge is 0.394 e. The Bertz CT molecular complexity index is 605. The van der Waals surface area contributed by atoms with E-state index in [0.29, 0.717) is 16.7 Å². The fraction of sp³-hybridized carbons (Fsp3) is 0.357. The van der Waals surface area contributed by atoms with Crippen molar-refractivity contribution in [3.05, 3.63) is 35.0 Å². The van der Waals surface area contributed by atoms with E-state index in [4.69, 9.17) is 0 Å². The third-order valence-electron chi connectivity index (χ3n) is 3.28. The van der Waals surface area contributed by atoms with Crippen LogP contribution in [0.4, 0.5) is 4.39 Å². The quantitative estimate of drug-likeness (QED) is 0.905. The summed E-state index contributed by atoms with van der Waals surface area (Å²) in [5, 5.41) is 12.5. The molecule has 0 aliphatic heterocycles. The van der Waals surface area contributed by atoms with E-state index in [2.05, 4.69) is 5.32 Å². The van der Waals surface area contributed by atoms with Crippen LogP contribution in [0, 0.1) is 5.82 Å². The lowest BCUT2D eigenvalue weighted by Gasteiger charge is -2.26. The molecule has 1 atom stereocenters. The molecule has 0 saturated carbocycles. The number of halogens is 1. The minimum absolute atomic E-state index is 0.130. The molecule has 19 heavy (non-hydrogen) atoms. The maximum atomic E-state index is 13.6. The highest BCUT2D eigenvalue weighted by atomic mass is 32.1. The number of amides is 1. The normalized spacial score (nSPS) is 14.3. The third-order valence-corrected chi connectivity index (χ3v) is 4.38. The van der Waals surface area contributed by atoms with Crippen LogP contribution in [-0.2, 0) is 0 Å². The second-order valence-corrected chi connectivity index (χ2v) is 5.87. The van der Waals surface area contributed by atoms with Crippen LogP contribution < -0.4 is 5.32 Å². The molecule has 0 saturated heterocycles. The Morgan fingerprint density at radius 1 is 1.53 bits per heavy atom. The van der Waals surface area contributed by atoms with Gasteiger partial charge in [-0.3, -0.25) is 4.79 Å². The lowest BCUT2D eigenvalue weighted by atomic mass is 10.0. The summed E-state index contributed by atoms with van der Waals surface area (Å²) in [4.78, 5) is 12.6. The van der Waals surface area contributed by atoms with Gasteiger partial charge in [-0.25, -0.2) is 4.39 Å². The minimum atomic E-state index is -0.647. The van der Waals surface area contributed by atoms with Gasteiger partial charge in [0.25, 0.3) is 5.91 Å². The summed E-state index contributed by atoms with van der Waals surface area (Å²) in [5.41, 5.74) is -0.647. The van der Waals surface area contributed by atoms with E-state index < -0.39 is 5.54 Å². The van der Waals surface area contributed by atoms with Crippen LogP contribution in [0.25, 0.3) is 10.1 Å². The zero-order valence-corrected chi connectivity index (χ0v) is 11.7. The summed E-state index contributed by atoms with van der Waals surface area (Å²) < 4.78 is 14.3. The van der Waals surface area contributed by atoms with Crippen molar-refractivity contribution in [2.24, 2.45) is 0 Å². The van der Waals surface area contributed by atoms with Crippen LogP contribution in [0.1, 0.15) is 29.9 Å². The first-order valence-corrected chi connectivity index (χ1v) is 6.92. The molecule has 1 amide bonds. The maximum absolute atomic E-state index is 13.6. The second-order valence-electron chi connectivity index (χ2n) is 4.79. The van der Waals surface area contributed by atoms with Crippen molar-refractivity contribution in [1.82, 2.24) is 5.32 Å². The van der Waals surface area contributed by atoms with Crippen LogP contribution in [0.3, 0.4) is 0 Å². The number of benzene rings is 1. The second kappa shape index (κ2) is 5.27. The molecule has 2 aromatic rings. The van der Waals surface area contributed by atoms with Gasteiger partial charge in [0, 0.05) is 10.1 Å². The van der Waals surface area contributed by atoms with Crippen molar-refractivity contribution in [1.29, 1.82) is 0 Å². The summed E-state index contributed by atoms with van der Waals surface area (Å²) in [6.45, 7) is 3.54. The van der Waals surface area contributed by atoms with Gasteiger partial charge in [-0.15, -0.1) is 11.3 Å². The van der Waals surface area contributed by atoms with Crippen molar-refractivity contribution in [2.45, 2.75) is 25.8 Å². The van der Waals surface area contributed by atoms with Crippen molar-refractivity contribution in [2.75, 3.05) is 6.61 Å². The van der Waals surface area contributed by atoms with E-state index in [9.17, 15) is 14.3 Å². The number of rotatable bonds is 4. The van der Waals surface area contributed by atoms with E-state index in [-0.39, 0.29) is 18.3 Å². The lowest BCUT2D eigenvalue weighted by molar-refractivity contribution is 0.0851.